The number of nitrogens with one attached hydrogen (secondary N) is 1. The van der Waals surface area contributed by atoms with Crippen molar-refractivity contribution in [3.8, 4) is 0 Å². The molecule has 3 N–H and O–H groups in total. The molecule has 4 heteroatoms. The molecule has 15 heavy (non-hydrogen) atoms. The molecule has 0 aromatic carbocycles. The third-order valence-corrected chi connectivity index (χ3v) is 1.91. The summed E-state index contributed by atoms with van der Waals surface area (Å²) in [4.78, 5) is 11.4. The summed E-state index contributed by atoms with van der Waals surface area (Å²) in [6.45, 7) is 8.10. The van der Waals surface area contributed by atoms with E-state index in [0.29, 0.717) is 6.54 Å². The summed E-state index contributed by atoms with van der Waals surface area (Å²) in [6, 6.07) is 0.0276. The van der Waals surface area contributed by atoms with E-state index in [1.54, 1.807) is 0 Å². The zero-order valence-electron chi connectivity index (χ0n) is 10.3. The van der Waals surface area contributed by atoms with E-state index >= 15 is 0 Å². The fourth-order valence-electron chi connectivity index (χ4n) is 1.17. The van der Waals surface area contributed by atoms with Gasteiger partial charge in [0.1, 0.15) is 5.60 Å². The van der Waals surface area contributed by atoms with E-state index in [2.05, 4.69) is 12.2 Å². The number of unbranched alkanes of at least 4 members (excludes halogenated alkanes) is 1. The minimum atomic E-state index is -0.450. The summed E-state index contributed by atoms with van der Waals surface area (Å²) < 4.78 is 5.14. The number of amides is 1. The lowest BCUT2D eigenvalue weighted by molar-refractivity contribution is 0.0503. The van der Waals surface area contributed by atoms with E-state index in [1.165, 1.54) is 0 Å². The third-order valence-electron chi connectivity index (χ3n) is 1.91. The van der Waals surface area contributed by atoms with Crippen molar-refractivity contribution in [2.75, 3.05) is 6.54 Å². The molecule has 0 aromatic heterocycles. The average molecular weight is 216 g/mol. The summed E-state index contributed by atoms with van der Waals surface area (Å²) >= 11 is 0. The lowest BCUT2D eigenvalue weighted by Gasteiger charge is -2.22. The normalized spacial score (nSPS) is 13.4. The van der Waals surface area contributed by atoms with Gasteiger partial charge in [-0.05, 0) is 27.2 Å². The van der Waals surface area contributed by atoms with Gasteiger partial charge < -0.3 is 15.8 Å². The highest BCUT2D eigenvalue weighted by atomic mass is 16.6. The first-order valence-corrected chi connectivity index (χ1v) is 5.58. The van der Waals surface area contributed by atoms with Crippen LogP contribution in [0.15, 0.2) is 0 Å². The third kappa shape index (κ3) is 8.24. The van der Waals surface area contributed by atoms with Crippen molar-refractivity contribution in [1.82, 2.24) is 5.32 Å². The van der Waals surface area contributed by atoms with Gasteiger partial charge in [0, 0.05) is 12.6 Å². The van der Waals surface area contributed by atoms with E-state index < -0.39 is 5.60 Å². The molecule has 0 aromatic rings. The minimum Gasteiger partial charge on any atom is -0.444 e. The van der Waals surface area contributed by atoms with Gasteiger partial charge in [0.25, 0.3) is 0 Å². The molecule has 0 radical (unpaired) electrons. The van der Waals surface area contributed by atoms with Gasteiger partial charge in [0.05, 0.1) is 0 Å². The summed E-state index contributed by atoms with van der Waals surface area (Å²) in [6.07, 6.45) is 2.70. The zero-order chi connectivity index (χ0) is 11.9. The first kappa shape index (κ1) is 14.2. The first-order valence-electron chi connectivity index (χ1n) is 5.58. The molecule has 0 saturated heterocycles. The van der Waals surface area contributed by atoms with Crippen molar-refractivity contribution in [3.63, 3.8) is 0 Å². The predicted molar refractivity (Wildman–Crippen MR) is 61.7 cm³/mol. The van der Waals surface area contributed by atoms with Crippen LogP contribution in [0.3, 0.4) is 0 Å². The second-order valence-corrected chi connectivity index (χ2v) is 4.72. The molecule has 1 amide bonds. The molecule has 0 spiro atoms. The molecule has 0 aliphatic heterocycles. The van der Waals surface area contributed by atoms with Crippen LogP contribution in [0.25, 0.3) is 0 Å². The SMILES string of the molecule is CCCCC(CN)NC(=O)OC(C)(C)C. The van der Waals surface area contributed by atoms with E-state index in [4.69, 9.17) is 10.5 Å². The highest BCUT2D eigenvalue weighted by Gasteiger charge is 2.18. The van der Waals surface area contributed by atoms with Crippen LogP contribution < -0.4 is 11.1 Å². The van der Waals surface area contributed by atoms with Crippen LogP contribution in [-0.4, -0.2) is 24.3 Å². The number of nitrogens with two attached hydrogens (primary N) is 1. The van der Waals surface area contributed by atoms with Crippen LogP contribution in [0.4, 0.5) is 4.79 Å². The fourth-order valence-corrected chi connectivity index (χ4v) is 1.17. The highest BCUT2D eigenvalue weighted by Crippen LogP contribution is 2.07. The second-order valence-electron chi connectivity index (χ2n) is 4.72. The Morgan fingerprint density at radius 3 is 2.47 bits per heavy atom. The molecule has 0 fully saturated rings. The Kier molecular flexibility index (Phi) is 6.32. The fraction of sp³-hybridized carbons (Fsp3) is 0.909. The number of alkyl carbamates (subject to hydrolysis) is 1. The summed E-state index contributed by atoms with van der Waals surface area (Å²) in [5, 5.41) is 2.77. The van der Waals surface area contributed by atoms with Crippen molar-refractivity contribution in [3.05, 3.63) is 0 Å². The highest BCUT2D eigenvalue weighted by molar-refractivity contribution is 5.68. The van der Waals surface area contributed by atoms with E-state index in [1.807, 2.05) is 20.8 Å². The van der Waals surface area contributed by atoms with Gasteiger partial charge in [-0.2, -0.15) is 0 Å². The smallest absolute Gasteiger partial charge is 0.407 e. The quantitative estimate of drug-likeness (QED) is 0.739. The predicted octanol–water partition coefficient (Wildman–Crippen LogP) is 2.03. The van der Waals surface area contributed by atoms with E-state index in [9.17, 15) is 4.79 Å². The minimum absolute atomic E-state index is 0.0276. The monoisotopic (exact) mass is 216 g/mol. The van der Waals surface area contributed by atoms with Gasteiger partial charge in [-0.25, -0.2) is 4.79 Å². The summed E-state index contributed by atoms with van der Waals surface area (Å²) in [7, 11) is 0. The maximum absolute atomic E-state index is 11.4. The Morgan fingerprint density at radius 1 is 1.47 bits per heavy atom. The summed E-state index contributed by atoms with van der Waals surface area (Å²) in [5.41, 5.74) is 5.10. The Bertz CT molecular complexity index is 188. The van der Waals surface area contributed by atoms with Crippen LogP contribution in [0.2, 0.25) is 0 Å². The van der Waals surface area contributed by atoms with Crippen LogP contribution in [-0.2, 0) is 4.74 Å². The Labute approximate surface area is 92.6 Å². The van der Waals surface area contributed by atoms with Gasteiger partial charge in [-0.1, -0.05) is 19.8 Å². The number of carbonyl (C=O) groups excluding carboxylic acids is 1. The molecular formula is C11H24N2O2. The molecule has 0 aliphatic carbocycles. The number of ether oxygens (including phenoxy) is 1. The van der Waals surface area contributed by atoms with Crippen molar-refractivity contribution in [2.24, 2.45) is 5.73 Å². The molecular weight excluding hydrogens is 192 g/mol. The van der Waals surface area contributed by atoms with E-state index in [0.717, 1.165) is 19.3 Å². The van der Waals surface area contributed by atoms with Crippen LogP contribution in [0.5, 0.6) is 0 Å². The molecule has 90 valence electrons. The van der Waals surface area contributed by atoms with Crippen LogP contribution >= 0.6 is 0 Å². The van der Waals surface area contributed by atoms with Crippen molar-refractivity contribution in [1.29, 1.82) is 0 Å². The topological polar surface area (TPSA) is 64.3 Å². The molecule has 0 rings (SSSR count). The Morgan fingerprint density at radius 2 is 2.07 bits per heavy atom. The van der Waals surface area contributed by atoms with Crippen molar-refractivity contribution >= 4 is 6.09 Å². The largest absolute Gasteiger partial charge is 0.444 e. The maximum Gasteiger partial charge on any atom is 0.407 e. The molecule has 1 atom stereocenters. The lowest BCUT2D eigenvalue weighted by Crippen LogP contribution is -2.42. The van der Waals surface area contributed by atoms with Gasteiger partial charge in [0.15, 0.2) is 0 Å². The van der Waals surface area contributed by atoms with Gasteiger partial charge in [-0.3, -0.25) is 0 Å². The maximum atomic E-state index is 11.4. The molecule has 0 heterocycles. The Balaban J connectivity index is 3.91. The number of hydrogen-bond donors (Lipinski definition) is 2. The number of carbonyl (C=O) groups is 1. The molecule has 4 nitrogen and oxygen atoms in total. The molecule has 0 saturated carbocycles. The lowest BCUT2D eigenvalue weighted by atomic mass is 10.1. The number of rotatable bonds is 5. The first-order chi connectivity index (χ1) is 6.89. The molecule has 1 unspecified atom stereocenters. The number of hydrogen-bond acceptors (Lipinski definition) is 3. The second kappa shape index (κ2) is 6.67. The zero-order valence-corrected chi connectivity index (χ0v) is 10.3. The van der Waals surface area contributed by atoms with Gasteiger partial charge in [-0.15, -0.1) is 0 Å². The molecule has 0 aliphatic rings. The average Bonchev–Trinajstić information content (AvgIpc) is 2.09. The van der Waals surface area contributed by atoms with Crippen LogP contribution in [0, 0.1) is 0 Å². The van der Waals surface area contributed by atoms with Gasteiger partial charge >= 0.3 is 6.09 Å². The van der Waals surface area contributed by atoms with Crippen molar-refractivity contribution in [2.45, 2.75) is 58.6 Å². The summed E-state index contributed by atoms with van der Waals surface area (Å²) in [5.74, 6) is 0. The standard InChI is InChI=1S/C11H24N2O2/c1-5-6-7-9(8-12)13-10(14)15-11(2,3)4/h9H,5-8,12H2,1-4H3,(H,13,14). The molecule has 0 bridgehead atoms. The van der Waals surface area contributed by atoms with Crippen molar-refractivity contribution < 1.29 is 9.53 Å². The van der Waals surface area contributed by atoms with E-state index in [-0.39, 0.29) is 12.1 Å². The van der Waals surface area contributed by atoms with Gasteiger partial charge in [0.2, 0.25) is 0 Å². The van der Waals surface area contributed by atoms with Crippen LogP contribution in [0.1, 0.15) is 47.0 Å². The Hall–Kier alpha value is -0.770.